The van der Waals surface area contributed by atoms with Gasteiger partial charge in [0.1, 0.15) is 80.9 Å². The lowest BCUT2D eigenvalue weighted by Gasteiger charge is -2.25. The molecule has 4 aliphatic heterocycles. The number of nitrogens with zero attached hydrogens (tertiary/aromatic N) is 6. The molecule has 12 amide bonds. The molecule has 33 nitrogen and oxygen atoms in total. The van der Waals surface area contributed by atoms with E-state index in [0.717, 1.165) is 15.2 Å². The van der Waals surface area contributed by atoms with Crippen molar-refractivity contribution >= 4 is 152 Å². The van der Waals surface area contributed by atoms with Gasteiger partial charge in [0.15, 0.2) is 0 Å². The van der Waals surface area contributed by atoms with Crippen LogP contribution >= 0.6 is 0 Å². The molecular weight excluding hydrogens is 1440 g/mol. The summed E-state index contributed by atoms with van der Waals surface area (Å²) in [5.74, 6) is -8.15. The molecule has 0 aliphatic carbocycles. The van der Waals surface area contributed by atoms with Crippen molar-refractivity contribution in [1.82, 2.24) is 31.9 Å². The van der Waals surface area contributed by atoms with Crippen LogP contribution in [0.4, 0.5) is 38.9 Å². The first-order valence-corrected chi connectivity index (χ1v) is 35.2. The Bertz CT molecular complexity index is 4540. The molecule has 6 aromatic carbocycles. The number of fused-ring (bicyclic) bond motifs is 4. The summed E-state index contributed by atoms with van der Waals surface area (Å²) < 4.78 is 15.5. The lowest BCUT2D eigenvalue weighted by Crippen LogP contribution is -2.55. The molecule has 10 rings (SSSR count). The van der Waals surface area contributed by atoms with E-state index < -0.39 is 133 Å². The van der Waals surface area contributed by atoms with Gasteiger partial charge >= 0.3 is 6.09 Å². The number of alkyl carbamates (subject to hydrolysis) is 1. The van der Waals surface area contributed by atoms with Gasteiger partial charge in [0.25, 0.3) is 35.4 Å². The number of carbonyl (C=O) groups excluding carboxylic acids is 18. The number of ether oxygens (including phenoxy) is 3. The number of hydrogen-bond donors (Lipinski definition) is 6. The molecule has 0 radical (unpaired) electrons. The molecule has 0 unspecified atom stereocenters. The van der Waals surface area contributed by atoms with Crippen molar-refractivity contribution in [2.24, 2.45) is 0 Å². The Morgan fingerprint density at radius 2 is 0.910 bits per heavy atom. The molecule has 1 saturated heterocycles. The number of benzene rings is 6. The zero-order valence-electron chi connectivity index (χ0n) is 61.6. The summed E-state index contributed by atoms with van der Waals surface area (Å²) in [5.41, 5.74) is 2.40. The van der Waals surface area contributed by atoms with Crippen LogP contribution in [0.3, 0.4) is 0 Å². The Hall–Kier alpha value is -13.0. The molecule has 33 heteroatoms. The third-order valence-corrected chi connectivity index (χ3v) is 17.7. The zero-order valence-corrected chi connectivity index (χ0v) is 61.6. The number of hydrogen-bond acceptors (Lipinski definition) is 21. The van der Waals surface area contributed by atoms with E-state index in [-0.39, 0.29) is 80.1 Å². The predicted molar refractivity (Wildman–Crippen MR) is 402 cm³/mol. The van der Waals surface area contributed by atoms with E-state index in [2.05, 4.69) is 31.9 Å². The first-order chi connectivity index (χ1) is 53.2. The van der Waals surface area contributed by atoms with Crippen LogP contribution in [0, 0.1) is 0 Å². The van der Waals surface area contributed by atoms with Crippen molar-refractivity contribution in [3.8, 4) is 0 Å². The minimum Gasteiger partial charge on any atom is -0.444 e. The number of nitrogens with one attached hydrogen (secondary N) is 6. The van der Waals surface area contributed by atoms with Gasteiger partial charge in [-0.25, -0.2) is 4.79 Å². The Kier molecular flexibility index (Phi) is 29.9. The van der Waals surface area contributed by atoms with Crippen LogP contribution in [-0.4, -0.2) is 216 Å². The molecule has 0 spiro atoms. The smallest absolute Gasteiger partial charge is 0.408 e. The fourth-order valence-electron chi connectivity index (χ4n) is 12.4. The van der Waals surface area contributed by atoms with E-state index >= 15 is 0 Å². The Balaban J connectivity index is 0.000000209. The lowest BCUT2D eigenvalue weighted by atomic mass is 10.0. The van der Waals surface area contributed by atoms with Gasteiger partial charge in [-0.3, -0.25) is 81.8 Å². The highest BCUT2D eigenvalue weighted by molar-refractivity contribution is 6.43. The van der Waals surface area contributed by atoms with E-state index in [4.69, 9.17) is 14.2 Å². The second kappa shape index (κ2) is 39.7. The van der Waals surface area contributed by atoms with Crippen LogP contribution < -0.4 is 61.3 Å². The molecule has 7 atom stereocenters. The van der Waals surface area contributed by atoms with Gasteiger partial charge in [0.2, 0.25) is 35.3 Å². The average Bonchev–Trinajstić information content (AvgIpc) is 1.68. The highest BCUT2D eigenvalue weighted by Gasteiger charge is 2.42. The molecule has 111 heavy (non-hydrogen) atoms. The summed E-state index contributed by atoms with van der Waals surface area (Å²) in [6.07, 6.45) is 0.742. The second-order valence-electron chi connectivity index (χ2n) is 25.9. The number of anilines is 6. The SMILES string of the molecule is CC(=O)C[C@@H](C=O)NC(=O)CN1C(=O)[C@@H](NC(=O)C(=O)c2ccccc2)CN(C(C)=O)c2ccccc21.CC(=O)C[C@@H](C=O)NC(=O)CN1C(=O)[C@@H](NC(=O)O[C@H]2CCOC2)CN(C(C)=O)c2ccccc21.CC[C@@H](C=O)NC(=O)CN1C(=O)[C@@H](NC(=O)c2cccc3ccccc23)CN(C(=O)COC)c2ccccc21. The monoisotopic (exact) mass is 1520 g/mol. The third-order valence-electron chi connectivity index (χ3n) is 17.7. The Morgan fingerprint density at radius 3 is 1.35 bits per heavy atom. The Labute approximate surface area is 636 Å². The van der Waals surface area contributed by atoms with Crippen LogP contribution in [0.1, 0.15) is 81.0 Å². The first-order valence-electron chi connectivity index (χ1n) is 35.2. The van der Waals surface area contributed by atoms with Crippen LogP contribution in [0.25, 0.3) is 10.8 Å². The van der Waals surface area contributed by atoms with Gasteiger partial charge < -0.3 is 75.2 Å². The van der Waals surface area contributed by atoms with Crippen molar-refractivity contribution in [2.45, 2.75) is 103 Å². The fraction of sp³-hybridized carbons (Fsp3) is 0.333. The summed E-state index contributed by atoms with van der Waals surface area (Å²) in [7, 11) is 1.39. The summed E-state index contributed by atoms with van der Waals surface area (Å²) >= 11 is 0. The van der Waals surface area contributed by atoms with Gasteiger partial charge in [-0.1, -0.05) is 110 Å². The fourth-order valence-corrected chi connectivity index (χ4v) is 12.4. The van der Waals surface area contributed by atoms with Gasteiger partial charge in [0, 0.05) is 51.3 Å². The quantitative estimate of drug-likeness (QED) is 0.0258. The van der Waals surface area contributed by atoms with Gasteiger partial charge in [-0.05, 0) is 73.5 Å². The van der Waals surface area contributed by atoms with Crippen LogP contribution in [-0.2, 0) is 86.1 Å². The first kappa shape index (κ1) is 83.6. The van der Waals surface area contributed by atoms with Gasteiger partial charge in [-0.15, -0.1) is 0 Å². The molecule has 0 aromatic heterocycles. The summed E-state index contributed by atoms with van der Waals surface area (Å²) in [6, 6.07) is 33.4. The topological polar surface area (TPSA) is 427 Å². The minimum absolute atomic E-state index is 0.120. The standard InChI is InChI=1S/C29H30N4O6.C26H26N4O7.C23H28N4O8/c1-3-20(17-34)30-26(35)16-33-25-14-7-6-13-24(25)32(27(36)18-39-2)15-23(29(33)38)31-28(37)22-12-8-10-19-9-4-5-11-21(19)22;1-16(32)12-19(15-31)27-23(34)14-30-22-11-7-6-10-21(22)29(17(2)33)13-20(26(30)37)28-25(36)24(35)18-8-4-3-5-9-18;1-14(29)9-16(12-28)24-21(31)11-27-20-6-4-3-5-19(20)26(15(2)30)10-18(22(27)32)25-23(33)35-17-7-8-34-13-17/h4-14,17,20,23H,3,15-16,18H2,1-2H3,(H,30,35)(H,31,37);3-11,15,19-20H,12-14H2,1-2H3,(H,27,34)(H,28,36);3-6,12,16-18H,7-11,13H2,1-2H3,(H,24,31)(H,25,33)/t20-,23-;19-,20-;16-,17-,18-/m000/s1. The van der Waals surface area contributed by atoms with E-state index in [1.165, 1.54) is 72.6 Å². The average molecular weight is 1530 g/mol. The molecule has 6 aromatic rings. The minimum atomic E-state index is -1.36. The van der Waals surface area contributed by atoms with Crippen molar-refractivity contribution in [2.75, 3.05) is 95.6 Å². The lowest BCUT2D eigenvalue weighted by molar-refractivity contribution is -0.128. The number of Topliss-reactive ketones (excluding diaryl/α,β-unsaturated/α-hetero) is 3. The van der Waals surface area contributed by atoms with E-state index in [1.54, 1.807) is 104 Å². The molecular formula is C78H84N12O21. The van der Waals surface area contributed by atoms with Crippen LogP contribution in [0.2, 0.25) is 0 Å². The third kappa shape index (κ3) is 22.1. The van der Waals surface area contributed by atoms with Crippen LogP contribution in [0.15, 0.2) is 146 Å². The van der Waals surface area contributed by atoms with Crippen LogP contribution in [0.5, 0.6) is 0 Å². The van der Waals surface area contributed by atoms with Crippen molar-refractivity contribution in [3.05, 3.63) is 157 Å². The largest absolute Gasteiger partial charge is 0.444 e. The number of amides is 12. The van der Waals surface area contributed by atoms with Crippen molar-refractivity contribution in [3.63, 3.8) is 0 Å². The number of methoxy groups -OCH3 is 1. The predicted octanol–water partition coefficient (Wildman–Crippen LogP) is 2.41. The van der Waals surface area contributed by atoms with Crippen molar-refractivity contribution < 1.29 is 101 Å². The van der Waals surface area contributed by atoms with E-state index in [1.807, 2.05) is 30.3 Å². The maximum absolute atomic E-state index is 13.9. The maximum atomic E-state index is 13.9. The summed E-state index contributed by atoms with van der Waals surface area (Å²) in [4.78, 5) is 233. The molecule has 4 aliphatic rings. The summed E-state index contributed by atoms with van der Waals surface area (Å²) in [6.45, 7) is 5.29. The number of rotatable bonds is 26. The molecule has 4 heterocycles. The number of para-hydroxylation sites is 6. The molecule has 6 N–H and O–H groups in total. The van der Waals surface area contributed by atoms with E-state index in [0.29, 0.717) is 72.0 Å². The Morgan fingerprint density at radius 1 is 0.495 bits per heavy atom. The highest BCUT2D eigenvalue weighted by atomic mass is 16.6. The summed E-state index contributed by atoms with van der Waals surface area (Å²) in [5, 5.41) is 16.7. The molecule has 582 valence electrons. The zero-order chi connectivity index (χ0) is 80.6. The van der Waals surface area contributed by atoms with Gasteiger partial charge in [0.05, 0.1) is 85.1 Å². The molecule has 1 fully saturated rings. The van der Waals surface area contributed by atoms with E-state index in [9.17, 15) is 86.3 Å². The van der Waals surface area contributed by atoms with Gasteiger partial charge in [-0.2, -0.15) is 0 Å². The second-order valence-corrected chi connectivity index (χ2v) is 25.9. The normalized spacial score (nSPS) is 17.2. The maximum Gasteiger partial charge on any atom is 0.408 e. The number of ketones is 3. The van der Waals surface area contributed by atoms with Crippen molar-refractivity contribution in [1.29, 1.82) is 0 Å². The molecule has 0 saturated carbocycles. The number of carbonyl (C=O) groups is 18. The molecule has 0 bridgehead atoms. The number of aldehydes is 3. The highest BCUT2D eigenvalue weighted by Crippen LogP contribution is 2.36.